The Morgan fingerprint density at radius 1 is 1.29 bits per heavy atom. The van der Waals surface area contributed by atoms with Crippen molar-refractivity contribution >= 4 is 34.9 Å². The van der Waals surface area contributed by atoms with Crippen molar-refractivity contribution in [2.45, 2.75) is 18.4 Å². The number of methoxy groups -OCH3 is 1. The number of amides is 1. The molecule has 3 rings (SSSR count). The number of benzene rings is 1. The van der Waals surface area contributed by atoms with Gasteiger partial charge in [0.15, 0.2) is 0 Å². The normalized spacial score (nSPS) is 17.2. The van der Waals surface area contributed by atoms with Crippen LogP contribution in [0, 0.1) is 0 Å². The van der Waals surface area contributed by atoms with Crippen LogP contribution in [-0.4, -0.2) is 36.7 Å². The molecule has 0 unspecified atom stereocenters. The second kappa shape index (κ2) is 6.47. The third kappa shape index (κ3) is 2.90. The number of piperidine rings is 1. The van der Waals surface area contributed by atoms with Crippen LogP contribution in [0.5, 0.6) is 0 Å². The average molecular weight is 310 g/mol. The van der Waals surface area contributed by atoms with Crippen LogP contribution >= 0.6 is 12.4 Å². The highest BCUT2D eigenvalue weighted by Crippen LogP contribution is 2.27. The summed E-state index contributed by atoms with van der Waals surface area (Å²) in [7, 11) is 1.61. The minimum atomic E-state index is -0.719. The molecule has 0 atom stereocenters. The molecule has 0 aliphatic carbocycles. The molecule has 0 radical (unpaired) electrons. The molecule has 1 aromatic carbocycles. The quantitative estimate of drug-likeness (QED) is 0.815. The summed E-state index contributed by atoms with van der Waals surface area (Å²) in [5, 5.41) is 7.29. The highest BCUT2D eigenvalue weighted by molar-refractivity contribution is 6.04. The highest BCUT2D eigenvalue weighted by Gasteiger charge is 2.39. The summed E-state index contributed by atoms with van der Waals surface area (Å²) in [5.41, 5.74) is 1.12. The first-order chi connectivity index (χ1) is 9.75. The van der Waals surface area contributed by atoms with Gasteiger partial charge in [-0.15, -0.1) is 12.4 Å². The van der Waals surface area contributed by atoms with Crippen LogP contribution in [0.3, 0.4) is 0 Å². The molecular weight excluding hydrogens is 290 g/mol. The Labute approximate surface area is 129 Å². The molecule has 21 heavy (non-hydrogen) atoms. The first kappa shape index (κ1) is 15.8. The number of fused-ring (bicyclic) bond motifs is 1. The first-order valence-corrected chi connectivity index (χ1v) is 6.89. The smallest absolute Gasteiger partial charge is 0.256 e. The zero-order valence-electron chi connectivity index (χ0n) is 11.9. The van der Waals surface area contributed by atoms with Crippen molar-refractivity contribution < 1.29 is 9.53 Å². The van der Waals surface area contributed by atoms with Gasteiger partial charge < -0.3 is 20.4 Å². The van der Waals surface area contributed by atoms with Crippen molar-refractivity contribution in [2.75, 3.05) is 25.5 Å². The van der Waals surface area contributed by atoms with Crippen LogP contribution in [-0.2, 0) is 9.53 Å². The molecular formula is C15H20ClN3O2. The monoisotopic (exact) mass is 309 g/mol. The number of nitrogens with one attached hydrogen (secondary N) is 3. The van der Waals surface area contributed by atoms with E-state index in [0.717, 1.165) is 29.7 Å². The van der Waals surface area contributed by atoms with Crippen LogP contribution in [0.15, 0.2) is 30.5 Å². The maximum atomic E-state index is 12.6. The minimum absolute atomic E-state index is 0. The molecule has 1 aliphatic rings. The third-order valence-corrected chi connectivity index (χ3v) is 4.06. The van der Waals surface area contributed by atoms with Crippen molar-refractivity contribution in [2.24, 2.45) is 0 Å². The van der Waals surface area contributed by atoms with Crippen molar-refractivity contribution in [3.8, 4) is 0 Å². The van der Waals surface area contributed by atoms with Gasteiger partial charge >= 0.3 is 0 Å². The van der Waals surface area contributed by atoms with Gasteiger partial charge in [-0.2, -0.15) is 0 Å². The van der Waals surface area contributed by atoms with E-state index in [1.54, 1.807) is 7.11 Å². The predicted octanol–water partition coefficient (Wildman–Crippen LogP) is 2.30. The van der Waals surface area contributed by atoms with E-state index >= 15 is 0 Å². The Morgan fingerprint density at radius 2 is 2.05 bits per heavy atom. The number of aromatic nitrogens is 1. The number of hydrogen-bond acceptors (Lipinski definition) is 3. The van der Waals surface area contributed by atoms with Crippen LogP contribution in [0.25, 0.3) is 10.9 Å². The van der Waals surface area contributed by atoms with E-state index in [1.165, 1.54) is 0 Å². The Morgan fingerprint density at radius 3 is 2.76 bits per heavy atom. The highest BCUT2D eigenvalue weighted by atomic mass is 35.5. The molecule has 0 bridgehead atoms. The maximum Gasteiger partial charge on any atom is 0.256 e. The lowest BCUT2D eigenvalue weighted by atomic mass is 9.91. The zero-order chi connectivity index (χ0) is 14.0. The Balaban J connectivity index is 0.00000161. The molecule has 2 heterocycles. The summed E-state index contributed by atoms with van der Waals surface area (Å²) in [6, 6.07) is 7.79. The van der Waals surface area contributed by atoms with Crippen molar-refractivity contribution in [1.82, 2.24) is 10.3 Å². The van der Waals surface area contributed by atoms with Crippen LogP contribution in [0.1, 0.15) is 12.8 Å². The molecule has 3 N–H and O–H groups in total. The second-order valence-corrected chi connectivity index (χ2v) is 5.15. The molecule has 1 amide bonds. The molecule has 1 aromatic heterocycles. The SMILES string of the molecule is COC1(C(=O)Nc2cccc3[nH]ccc23)CCNCC1.Cl. The summed E-state index contributed by atoms with van der Waals surface area (Å²) in [5.74, 6) is -0.0600. The molecule has 5 nitrogen and oxygen atoms in total. The van der Waals surface area contributed by atoms with E-state index in [4.69, 9.17) is 4.74 Å². The number of H-pyrrole nitrogens is 1. The second-order valence-electron chi connectivity index (χ2n) is 5.15. The fraction of sp³-hybridized carbons (Fsp3) is 0.400. The van der Waals surface area contributed by atoms with Gasteiger partial charge in [0, 0.05) is 24.2 Å². The summed E-state index contributed by atoms with van der Waals surface area (Å²) < 4.78 is 5.55. The number of ether oxygens (including phenoxy) is 1. The number of carbonyl (C=O) groups is 1. The van der Waals surface area contributed by atoms with E-state index < -0.39 is 5.60 Å². The molecule has 0 spiro atoms. The van der Waals surface area contributed by atoms with Gasteiger partial charge in [-0.3, -0.25) is 4.79 Å². The summed E-state index contributed by atoms with van der Waals surface area (Å²) in [4.78, 5) is 15.8. The predicted molar refractivity (Wildman–Crippen MR) is 86.0 cm³/mol. The zero-order valence-corrected chi connectivity index (χ0v) is 12.8. The first-order valence-electron chi connectivity index (χ1n) is 6.89. The van der Waals surface area contributed by atoms with E-state index in [1.807, 2.05) is 30.5 Å². The van der Waals surface area contributed by atoms with Gasteiger partial charge in [0.1, 0.15) is 5.60 Å². The molecule has 2 aromatic rings. The van der Waals surface area contributed by atoms with Gasteiger partial charge in [0.05, 0.1) is 5.69 Å². The molecule has 6 heteroatoms. The van der Waals surface area contributed by atoms with Gasteiger partial charge in [0.2, 0.25) is 0 Å². The van der Waals surface area contributed by atoms with Gasteiger partial charge in [-0.1, -0.05) is 6.07 Å². The average Bonchev–Trinajstić information content (AvgIpc) is 2.97. The van der Waals surface area contributed by atoms with Crippen molar-refractivity contribution in [3.05, 3.63) is 30.5 Å². The molecule has 1 saturated heterocycles. The fourth-order valence-corrected chi connectivity index (χ4v) is 2.79. The Hall–Kier alpha value is -1.56. The van der Waals surface area contributed by atoms with Gasteiger partial charge in [0.25, 0.3) is 5.91 Å². The van der Waals surface area contributed by atoms with E-state index in [9.17, 15) is 4.79 Å². The van der Waals surface area contributed by atoms with E-state index in [0.29, 0.717) is 12.8 Å². The third-order valence-electron chi connectivity index (χ3n) is 4.06. The van der Waals surface area contributed by atoms with Crippen LogP contribution in [0.4, 0.5) is 5.69 Å². The number of aromatic amines is 1. The summed E-state index contributed by atoms with van der Waals surface area (Å²) >= 11 is 0. The number of anilines is 1. The minimum Gasteiger partial charge on any atom is -0.368 e. The lowest BCUT2D eigenvalue weighted by Gasteiger charge is -2.34. The summed E-state index contributed by atoms with van der Waals surface area (Å²) in [6.07, 6.45) is 3.26. The fourth-order valence-electron chi connectivity index (χ4n) is 2.79. The largest absolute Gasteiger partial charge is 0.368 e. The Bertz CT molecular complexity index is 620. The van der Waals surface area contributed by atoms with E-state index in [2.05, 4.69) is 15.6 Å². The van der Waals surface area contributed by atoms with Gasteiger partial charge in [-0.05, 0) is 44.1 Å². The molecule has 0 saturated carbocycles. The molecule has 114 valence electrons. The standard InChI is InChI=1S/C15H19N3O2.ClH/c1-20-15(6-9-16-10-7-15)14(19)18-13-4-2-3-12-11(13)5-8-17-12;/h2-5,8,16-17H,6-7,9-10H2,1H3,(H,18,19);1H. The number of rotatable bonds is 3. The lowest BCUT2D eigenvalue weighted by molar-refractivity contribution is -0.140. The topological polar surface area (TPSA) is 66.1 Å². The van der Waals surface area contributed by atoms with Crippen molar-refractivity contribution in [3.63, 3.8) is 0 Å². The maximum absolute atomic E-state index is 12.6. The Kier molecular flexibility index (Phi) is 4.88. The number of carbonyl (C=O) groups excluding carboxylic acids is 1. The number of hydrogen-bond donors (Lipinski definition) is 3. The molecule has 1 fully saturated rings. The van der Waals surface area contributed by atoms with Crippen LogP contribution in [0.2, 0.25) is 0 Å². The van der Waals surface area contributed by atoms with Crippen LogP contribution < -0.4 is 10.6 Å². The lowest BCUT2D eigenvalue weighted by Crippen LogP contribution is -2.51. The van der Waals surface area contributed by atoms with E-state index in [-0.39, 0.29) is 18.3 Å². The van der Waals surface area contributed by atoms with Crippen molar-refractivity contribution in [1.29, 1.82) is 0 Å². The molecule has 1 aliphatic heterocycles. The summed E-state index contributed by atoms with van der Waals surface area (Å²) in [6.45, 7) is 1.60. The van der Waals surface area contributed by atoms with Gasteiger partial charge in [-0.25, -0.2) is 0 Å². The number of halogens is 1.